The summed E-state index contributed by atoms with van der Waals surface area (Å²) < 4.78 is 5.17. The number of thioether (sulfide) groups is 1. The molecule has 48 valence electrons. The van der Waals surface area contributed by atoms with Crippen molar-refractivity contribution in [2.24, 2.45) is 0 Å². The maximum Gasteiger partial charge on any atom is 0.0964 e. The predicted octanol–water partition coefficient (Wildman–Crippen LogP) is 2.25. The first-order valence-corrected chi connectivity index (χ1v) is 3.66. The van der Waals surface area contributed by atoms with Gasteiger partial charge in [0.05, 0.1) is 12.0 Å². The Labute approximate surface area is 55.1 Å². The second-order valence-electron chi connectivity index (χ2n) is 1.67. The van der Waals surface area contributed by atoms with Gasteiger partial charge in [0.15, 0.2) is 0 Å². The molecule has 0 aromatic carbocycles. The van der Waals surface area contributed by atoms with Gasteiger partial charge < -0.3 is 4.74 Å². The molecule has 0 N–H and O–H groups in total. The summed E-state index contributed by atoms with van der Waals surface area (Å²) in [6, 6.07) is 0. The molecule has 0 atom stereocenters. The van der Waals surface area contributed by atoms with E-state index in [0.717, 1.165) is 5.94 Å². The normalized spacial score (nSPS) is 9.88. The second-order valence-corrected chi connectivity index (χ2v) is 2.57. The third-order valence-electron chi connectivity index (χ3n) is 0.587. The SMILES string of the molecule is C=CSCOC(C)C. The summed E-state index contributed by atoms with van der Waals surface area (Å²) >= 11 is 1.58. The van der Waals surface area contributed by atoms with Crippen molar-refractivity contribution in [1.29, 1.82) is 0 Å². The molecule has 0 saturated carbocycles. The number of rotatable bonds is 4. The number of ether oxygens (including phenoxy) is 1. The van der Waals surface area contributed by atoms with E-state index in [1.807, 2.05) is 13.8 Å². The summed E-state index contributed by atoms with van der Waals surface area (Å²) in [7, 11) is 0. The van der Waals surface area contributed by atoms with Crippen molar-refractivity contribution in [3.63, 3.8) is 0 Å². The summed E-state index contributed by atoms with van der Waals surface area (Å²) in [4.78, 5) is 0. The Morgan fingerprint density at radius 1 is 1.75 bits per heavy atom. The van der Waals surface area contributed by atoms with Gasteiger partial charge in [0, 0.05) is 0 Å². The minimum Gasteiger partial charge on any atom is -0.368 e. The maximum atomic E-state index is 5.17. The van der Waals surface area contributed by atoms with E-state index in [0.29, 0.717) is 6.10 Å². The van der Waals surface area contributed by atoms with Crippen LogP contribution in [0.1, 0.15) is 13.8 Å². The Morgan fingerprint density at radius 3 is 2.75 bits per heavy atom. The van der Waals surface area contributed by atoms with E-state index in [1.54, 1.807) is 17.2 Å². The van der Waals surface area contributed by atoms with Gasteiger partial charge in [-0.05, 0) is 19.3 Å². The van der Waals surface area contributed by atoms with E-state index >= 15 is 0 Å². The minimum atomic E-state index is 0.336. The first-order chi connectivity index (χ1) is 3.77. The van der Waals surface area contributed by atoms with E-state index in [2.05, 4.69) is 6.58 Å². The molecule has 0 spiro atoms. The van der Waals surface area contributed by atoms with Gasteiger partial charge in [-0.2, -0.15) is 0 Å². The fourth-order valence-electron chi connectivity index (χ4n) is 0.223. The number of hydrogen-bond donors (Lipinski definition) is 0. The van der Waals surface area contributed by atoms with Crippen molar-refractivity contribution in [2.75, 3.05) is 5.94 Å². The molecule has 0 fully saturated rings. The fraction of sp³-hybridized carbons (Fsp3) is 0.667. The zero-order chi connectivity index (χ0) is 6.41. The lowest BCUT2D eigenvalue weighted by Crippen LogP contribution is -1.99. The molecule has 2 heteroatoms. The van der Waals surface area contributed by atoms with Crippen LogP contribution in [0.25, 0.3) is 0 Å². The molecular formula is C6H12OS. The van der Waals surface area contributed by atoms with Gasteiger partial charge in [-0.3, -0.25) is 0 Å². The van der Waals surface area contributed by atoms with Gasteiger partial charge >= 0.3 is 0 Å². The zero-order valence-corrected chi connectivity index (χ0v) is 6.20. The maximum absolute atomic E-state index is 5.17. The van der Waals surface area contributed by atoms with Crippen LogP contribution in [0.15, 0.2) is 12.0 Å². The highest BCUT2D eigenvalue weighted by atomic mass is 32.2. The summed E-state index contributed by atoms with van der Waals surface area (Å²) in [6.45, 7) is 7.58. The Balaban J connectivity index is 2.81. The van der Waals surface area contributed by atoms with Crippen LogP contribution >= 0.6 is 11.8 Å². The molecule has 0 aliphatic carbocycles. The van der Waals surface area contributed by atoms with E-state index in [9.17, 15) is 0 Å². The van der Waals surface area contributed by atoms with Gasteiger partial charge in [0.2, 0.25) is 0 Å². The summed E-state index contributed by atoms with van der Waals surface area (Å²) in [5, 5.41) is 1.78. The van der Waals surface area contributed by atoms with Crippen LogP contribution in [-0.4, -0.2) is 12.0 Å². The van der Waals surface area contributed by atoms with Gasteiger partial charge in [-0.25, -0.2) is 0 Å². The highest BCUT2D eigenvalue weighted by Gasteiger charge is 1.88. The second kappa shape index (κ2) is 5.19. The molecular weight excluding hydrogens is 120 g/mol. The molecule has 0 aromatic rings. The van der Waals surface area contributed by atoms with Crippen molar-refractivity contribution in [1.82, 2.24) is 0 Å². The molecule has 0 unspecified atom stereocenters. The van der Waals surface area contributed by atoms with Crippen LogP contribution in [0.5, 0.6) is 0 Å². The third-order valence-corrected chi connectivity index (χ3v) is 1.10. The van der Waals surface area contributed by atoms with Crippen molar-refractivity contribution in [3.05, 3.63) is 12.0 Å². The quantitative estimate of drug-likeness (QED) is 0.428. The molecule has 1 nitrogen and oxygen atoms in total. The standard InChI is InChI=1S/C6H12OS/c1-4-8-5-7-6(2)3/h4,6H,1,5H2,2-3H3. The molecule has 0 bridgehead atoms. The summed E-state index contributed by atoms with van der Waals surface area (Å²) in [5.74, 6) is 0.723. The van der Waals surface area contributed by atoms with Crippen molar-refractivity contribution >= 4 is 11.8 Å². The molecule has 0 aliphatic rings. The van der Waals surface area contributed by atoms with Crippen LogP contribution < -0.4 is 0 Å². The summed E-state index contributed by atoms with van der Waals surface area (Å²) in [6.07, 6.45) is 0.336. The van der Waals surface area contributed by atoms with Gasteiger partial charge in [0.1, 0.15) is 0 Å². The first kappa shape index (κ1) is 8.05. The van der Waals surface area contributed by atoms with Crippen molar-refractivity contribution in [3.8, 4) is 0 Å². The Morgan fingerprint density at radius 2 is 2.38 bits per heavy atom. The zero-order valence-electron chi connectivity index (χ0n) is 5.39. The van der Waals surface area contributed by atoms with Gasteiger partial charge in [-0.15, -0.1) is 11.8 Å². The lowest BCUT2D eigenvalue weighted by Gasteiger charge is -2.02. The average molecular weight is 132 g/mol. The smallest absolute Gasteiger partial charge is 0.0964 e. The minimum absolute atomic E-state index is 0.336. The molecule has 0 aromatic heterocycles. The monoisotopic (exact) mass is 132 g/mol. The Kier molecular flexibility index (Phi) is 5.22. The van der Waals surface area contributed by atoms with Crippen LogP contribution in [0.4, 0.5) is 0 Å². The highest BCUT2D eigenvalue weighted by molar-refractivity contribution is 8.01. The largest absolute Gasteiger partial charge is 0.368 e. The molecule has 0 amide bonds. The average Bonchev–Trinajstić information content (AvgIpc) is 1.66. The van der Waals surface area contributed by atoms with Crippen LogP contribution in [-0.2, 0) is 4.74 Å². The topological polar surface area (TPSA) is 9.23 Å². The predicted molar refractivity (Wildman–Crippen MR) is 38.9 cm³/mol. The Bertz CT molecular complexity index is 61.5. The molecule has 0 heterocycles. The molecule has 0 rings (SSSR count). The molecule has 0 aliphatic heterocycles. The first-order valence-electron chi connectivity index (χ1n) is 2.61. The summed E-state index contributed by atoms with van der Waals surface area (Å²) in [5.41, 5.74) is 0. The molecule has 0 radical (unpaired) electrons. The van der Waals surface area contributed by atoms with Crippen LogP contribution in [0, 0.1) is 0 Å². The fourth-order valence-corrected chi connectivity index (χ4v) is 0.670. The lowest BCUT2D eigenvalue weighted by molar-refractivity contribution is 0.120. The Hall–Kier alpha value is 0.0500. The van der Waals surface area contributed by atoms with E-state index < -0.39 is 0 Å². The third kappa shape index (κ3) is 6.05. The van der Waals surface area contributed by atoms with Gasteiger partial charge in [-0.1, -0.05) is 6.58 Å². The van der Waals surface area contributed by atoms with Crippen molar-refractivity contribution < 1.29 is 4.74 Å². The van der Waals surface area contributed by atoms with Gasteiger partial charge in [0.25, 0.3) is 0 Å². The van der Waals surface area contributed by atoms with E-state index in [1.165, 1.54) is 0 Å². The van der Waals surface area contributed by atoms with Crippen molar-refractivity contribution in [2.45, 2.75) is 20.0 Å². The van der Waals surface area contributed by atoms with Crippen LogP contribution in [0.3, 0.4) is 0 Å². The molecule has 8 heavy (non-hydrogen) atoms. The highest BCUT2D eigenvalue weighted by Crippen LogP contribution is 2.01. The molecule has 0 saturated heterocycles. The van der Waals surface area contributed by atoms with E-state index in [4.69, 9.17) is 4.74 Å². The van der Waals surface area contributed by atoms with E-state index in [-0.39, 0.29) is 0 Å². The number of hydrogen-bond acceptors (Lipinski definition) is 2. The lowest BCUT2D eigenvalue weighted by atomic mass is 10.5. The van der Waals surface area contributed by atoms with Crippen LogP contribution in [0.2, 0.25) is 0 Å².